The number of ketones is 2. The molecule has 2 bridgehead atoms. The highest BCUT2D eigenvalue weighted by Crippen LogP contribution is 2.56. The first-order valence-electron chi connectivity index (χ1n) is 7.56. The standard InChI is InChI=1S/C17H18O3/c1-2-20-12-5-3-4-11-15(12)17(19)14-10-7-6-9(8-10)13(14)16(11)18/h3-5,9-10,13-14H,2,6-8H2,1H3. The molecular formula is C17H18O3. The van der Waals surface area contributed by atoms with Gasteiger partial charge in [0.2, 0.25) is 0 Å². The van der Waals surface area contributed by atoms with Crippen LogP contribution in [-0.2, 0) is 0 Å². The third kappa shape index (κ3) is 1.41. The lowest BCUT2D eigenvalue weighted by Crippen LogP contribution is -2.40. The fourth-order valence-electron chi connectivity index (χ4n) is 4.66. The van der Waals surface area contributed by atoms with Crippen molar-refractivity contribution in [2.45, 2.75) is 26.2 Å². The van der Waals surface area contributed by atoms with Gasteiger partial charge in [0.05, 0.1) is 12.2 Å². The van der Waals surface area contributed by atoms with Crippen molar-refractivity contribution in [2.24, 2.45) is 23.7 Å². The number of fused-ring (bicyclic) bond motifs is 6. The maximum Gasteiger partial charge on any atom is 0.171 e. The Balaban J connectivity index is 1.87. The minimum atomic E-state index is -0.0737. The van der Waals surface area contributed by atoms with E-state index in [2.05, 4.69) is 0 Å². The van der Waals surface area contributed by atoms with Crippen molar-refractivity contribution in [1.82, 2.24) is 0 Å². The second kappa shape index (κ2) is 4.18. The monoisotopic (exact) mass is 270 g/mol. The summed E-state index contributed by atoms with van der Waals surface area (Å²) in [4.78, 5) is 25.7. The molecule has 3 aliphatic rings. The maximum absolute atomic E-state index is 12.9. The second-order valence-corrected chi connectivity index (χ2v) is 6.23. The topological polar surface area (TPSA) is 43.4 Å². The van der Waals surface area contributed by atoms with Gasteiger partial charge in [-0.05, 0) is 44.1 Å². The molecule has 0 saturated heterocycles. The molecule has 0 aromatic heterocycles. The highest BCUT2D eigenvalue weighted by Gasteiger charge is 2.57. The van der Waals surface area contributed by atoms with E-state index >= 15 is 0 Å². The van der Waals surface area contributed by atoms with Gasteiger partial charge < -0.3 is 4.74 Å². The molecule has 104 valence electrons. The van der Waals surface area contributed by atoms with Gasteiger partial charge >= 0.3 is 0 Å². The van der Waals surface area contributed by atoms with Crippen LogP contribution in [0.25, 0.3) is 0 Å². The predicted octanol–water partition coefficient (Wildman–Crippen LogP) is 3.13. The van der Waals surface area contributed by atoms with Crippen molar-refractivity contribution in [3.63, 3.8) is 0 Å². The van der Waals surface area contributed by atoms with Gasteiger partial charge in [0.15, 0.2) is 11.6 Å². The van der Waals surface area contributed by atoms with Crippen molar-refractivity contribution in [1.29, 1.82) is 0 Å². The molecule has 3 nitrogen and oxygen atoms in total. The molecule has 0 heterocycles. The molecule has 20 heavy (non-hydrogen) atoms. The third-order valence-corrected chi connectivity index (χ3v) is 5.36. The number of ether oxygens (including phenoxy) is 1. The van der Waals surface area contributed by atoms with Gasteiger partial charge in [-0.25, -0.2) is 0 Å². The minimum absolute atomic E-state index is 0.0503. The molecule has 0 N–H and O–H groups in total. The quantitative estimate of drug-likeness (QED) is 0.829. The van der Waals surface area contributed by atoms with Crippen LogP contribution in [0.1, 0.15) is 46.9 Å². The summed E-state index contributed by atoms with van der Waals surface area (Å²) < 4.78 is 5.58. The number of hydrogen-bond acceptors (Lipinski definition) is 3. The first-order chi connectivity index (χ1) is 9.72. The van der Waals surface area contributed by atoms with Crippen molar-refractivity contribution in [3.8, 4) is 5.75 Å². The Morgan fingerprint density at radius 3 is 2.50 bits per heavy atom. The maximum atomic E-state index is 12.9. The summed E-state index contributed by atoms with van der Waals surface area (Å²) in [6.45, 7) is 2.41. The highest BCUT2D eigenvalue weighted by molar-refractivity contribution is 6.18. The van der Waals surface area contributed by atoms with E-state index < -0.39 is 0 Å². The number of carbonyl (C=O) groups is 2. The fourth-order valence-corrected chi connectivity index (χ4v) is 4.66. The van der Waals surface area contributed by atoms with Crippen LogP contribution in [0.2, 0.25) is 0 Å². The van der Waals surface area contributed by atoms with Crippen LogP contribution in [0.4, 0.5) is 0 Å². The Morgan fingerprint density at radius 1 is 1.10 bits per heavy atom. The summed E-state index contributed by atoms with van der Waals surface area (Å²) in [5.74, 6) is 1.65. The van der Waals surface area contributed by atoms with E-state index in [0.717, 1.165) is 19.3 Å². The number of Topliss-reactive ketones (excluding diaryl/α,β-unsaturated/α-hetero) is 2. The molecule has 3 aliphatic carbocycles. The molecule has 4 atom stereocenters. The average molecular weight is 270 g/mol. The van der Waals surface area contributed by atoms with Crippen molar-refractivity contribution in [2.75, 3.05) is 6.61 Å². The van der Waals surface area contributed by atoms with E-state index in [9.17, 15) is 9.59 Å². The van der Waals surface area contributed by atoms with E-state index in [4.69, 9.17) is 4.74 Å². The Morgan fingerprint density at radius 2 is 1.80 bits per heavy atom. The molecule has 2 fully saturated rings. The number of benzene rings is 1. The molecule has 4 rings (SSSR count). The molecule has 0 radical (unpaired) electrons. The Bertz CT molecular complexity index is 604. The van der Waals surface area contributed by atoms with E-state index in [-0.39, 0.29) is 23.4 Å². The third-order valence-electron chi connectivity index (χ3n) is 5.36. The summed E-state index contributed by atoms with van der Waals surface area (Å²) in [6.07, 6.45) is 3.28. The smallest absolute Gasteiger partial charge is 0.171 e. The van der Waals surface area contributed by atoms with Gasteiger partial charge in [0.25, 0.3) is 0 Å². The van der Waals surface area contributed by atoms with Gasteiger partial charge in [-0.15, -0.1) is 0 Å². The van der Waals surface area contributed by atoms with Crippen LogP contribution >= 0.6 is 0 Å². The van der Waals surface area contributed by atoms with Gasteiger partial charge in [-0.3, -0.25) is 9.59 Å². The molecule has 4 unspecified atom stereocenters. The zero-order valence-corrected chi connectivity index (χ0v) is 11.6. The van der Waals surface area contributed by atoms with Crippen molar-refractivity contribution >= 4 is 11.6 Å². The van der Waals surface area contributed by atoms with Crippen molar-refractivity contribution in [3.05, 3.63) is 29.3 Å². The SMILES string of the molecule is CCOc1cccc2c1C(=O)C1C3CCC(C3)C1C2=O. The van der Waals surface area contributed by atoms with Gasteiger partial charge in [-0.1, -0.05) is 12.1 Å². The second-order valence-electron chi connectivity index (χ2n) is 6.23. The lowest BCUT2D eigenvalue weighted by Gasteiger charge is -2.34. The average Bonchev–Trinajstić information content (AvgIpc) is 3.06. The molecule has 0 aliphatic heterocycles. The molecule has 1 aromatic rings. The van der Waals surface area contributed by atoms with Crippen LogP contribution in [0.3, 0.4) is 0 Å². The van der Waals surface area contributed by atoms with Gasteiger partial charge in [-0.2, -0.15) is 0 Å². The fraction of sp³-hybridized carbons (Fsp3) is 0.529. The summed E-state index contributed by atoms with van der Waals surface area (Å²) >= 11 is 0. The lowest BCUT2D eigenvalue weighted by atomic mass is 9.67. The zero-order valence-electron chi connectivity index (χ0n) is 11.6. The van der Waals surface area contributed by atoms with E-state index in [0.29, 0.717) is 35.3 Å². The molecule has 0 amide bonds. The van der Waals surface area contributed by atoms with Crippen LogP contribution in [0.15, 0.2) is 18.2 Å². The number of carbonyl (C=O) groups excluding carboxylic acids is 2. The summed E-state index contributed by atoms with van der Waals surface area (Å²) in [5.41, 5.74) is 1.14. The normalized spacial score (nSPS) is 34.0. The summed E-state index contributed by atoms with van der Waals surface area (Å²) in [5, 5.41) is 0. The van der Waals surface area contributed by atoms with Crippen LogP contribution in [0, 0.1) is 23.7 Å². The van der Waals surface area contributed by atoms with E-state index in [1.165, 1.54) is 0 Å². The largest absolute Gasteiger partial charge is 0.493 e. The first kappa shape index (κ1) is 12.1. The molecule has 0 spiro atoms. The molecule has 1 aromatic carbocycles. The molecule has 3 heteroatoms. The Hall–Kier alpha value is -1.64. The number of rotatable bonds is 2. The van der Waals surface area contributed by atoms with Crippen LogP contribution in [-0.4, -0.2) is 18.2 Å². The summed E-state index contributed by atoms with van der Waals surface area (Å²) in [6, 6.07) is 5.42. The van der Waals surface area contributed by atoms with Crippen LogP contribution in [0.5, 0.6) is 5.75 Å². The number of hydrogen-bond donors (Lipinski definition) is 0. The minimum Gasteiger partial charge on any atom is -0.493 e. The van der Waals surface area contributed by atoms with Crippen LogP contribution < -0.4 is 4.74 Å². The van der Waals surface area contributed by atoms with Gasteiger partial charge in [0, 0.05) is 17.4 Å². The Kier molecular flexibility index (Phi) is 2.53. The highest BCUT2D eigenvalue weighted by atomic mass is 16.5. The Labute approximate surface area is 118 Å². The zero-order chi connectivity index (χ0) is 13.9. The predicted molar refractivity (Wildman–Crippen MR) is 74.1 cm³/mol. The van der Waals surface area contributed by atoms with E-state index in [1.54, 1.807) is 12.1 Å². The van der Waals surface area contributed by atoms with Crippen molar-refractivity contribution < 1.29 is 14.3 Å². The summed E-state index contributed by atoms with van der Waals surface area (Å²) in [7, 11) is 0. The van der Waals surface area contributed by atoms with Gasteiger partial charge in [0.1, 0.15) is 5.75 Å². The van der Waals surface area contributed by atoms with E-state index in [1.807, 2.05) is 13.0 Å². The molecule has 2 saturated carbocycles. The first-order valence-corrected chi connectivity index (χ1v) is 7.56. The molecular weight excluding hydrogens is 252 g/mol. The lowest BCUT2D eigenvalue weighted by molar-refractivity contribution is 0.0657.